The lowest BCUT2D eigenvalue weighted by molar-refractivity contribution is 0.779. The van der Waals surface area contributed by atoms with Crippen LogP contribution in [0.1, 0.15) is 5.56 Å². The Labute approximate surface area is 109 Å². The third kappa shape index (κ3) is 1.97. The highest BCUT2D eigenvalue weighted by Crippen LogP contribution is 2.09. The van der Waals surface area contributed by atoms with E-state index in [-0.39, 0.29) is 5.56 Å². The molecule has 0 aliphatic rings. The Morgan fingerprint density at radius 3 is 2.68 bits per heavy atom. The van der Waals surface area contributed by atoms with Gasteiger partial charge in [-0.2, -0.15) is 5.10 Å². The van der Waals surface area contributed by atoms with Crippen molar-refractivity contribution in [2.75, 3.05) is 5.43 Å². The van der Waals surface area contributed by atoms with Crippen molar-refractivity contribution in [2.45, 2.75) is 6.92 Å². The lowest BCUT2D eigenvalue weighted by atomic mass is 10.2. The summed E-state index contributed by atoms with van der Waals surface area (Å²) in [4.78, 5) is 16.4. The third-order valence-electron chi connectivity index (χ3n) is 2.95. The lowest BCUT2D eigenvalue weighted by Gasteiger charge is -2.08. The summed E-state index contributed by atoms with van der Waals surface area (Å²) in [6.45, 7) is 2.01. The number of hydrogen-bond acceptors (Lipinski definition) is 4. The molecule has 1 aromatic carbocycles. The van der Waals surface area contributed by atoms with E-state index in [1.807, 2.05) is 31.2 Å². The Bertz CT molecular complexity index is 785. The van der Waals surface area contributed by atoms with E-state index in [2.05, 4.69) is 15.5 Å². The summed E-state index contributed by atoms with van der Waals surface area (Å²) in [5.41, 5.74) is 5.41. The van der Waals surface area contributed by atoms with Crippen LogP contribution in [0.2, 0.25) is 0 Å². The molecule has 0 aliphatic heterocycles. The number of anilines is 1. The van der Waals surface area contributed by atoms with Crippen LogP contribution in [0, 0.1) is 6.92 Å². The zero-order valence-corrected chi connectivity index (χ0v) is 10.7. The summed E-state index contributed by atoms with van der Waals surface area (Å²) in [7, 11) is 1.76. The minimum absolute atomic E-state index is 0.168. The molecule has 0 bridgehead atoms. The number of aromatic nitrogens is 4. The molecule has 2 aromatic heterocycles. The van der Waals surface area contributed by atoms with Gasteiger partial charge < -0.3 is 0 Å². The highest BCUT2D eigenvalue weighted by molar-refractivity contribution is 5.72. The van der Waals surface area contributed by atoms with Crippen LogP contribution >= 0.6 is 0 Å². The number of rotatable bonds is 2. The van der Waals surface area contributed by atoms with Crippen LogP contribution in [0.15, 0.2) is 41.6 Å². The Balaban J connectivity index is 2.04. The summed E-state index contributed by atoms with van der Waals surface area (Å²) in [5, 5.41) is 4.52. The second kappa shape index (κ2) is 4.24. The van der Waals surface area contributed by atoms with Gasteiger partial charge in [0.25, 0.3) is 5.56 Å². The van der Waals surface area contributed by atoms with Crippen LogP contribution in [0.5, 0.6) is 0 Å². The summed E-state index contributed by atoms with van der Waals surface area (Å²) in [6, 6.07) is 7.78. The molecule has 0 saturated heterocycles. The fraction of sp³-hybridized carbons (Fsp3) is 0.154. The summed E-state index contributed by atoms with van der Waals surface area (Å²) >= 11 is 0. The highest BCUT2D eigenvalue weighted by atomic mass is 16.1. The van der Waals surface area contributed by atoms with Gasteiger partial charge in [-0.3, -0.25) is 14.9 Å². The first-order chi connectivity index (χ1) is 9.15. The Hall–Kier alpha value is -2.63. The standard InChI is InChI=1S/C13H13N5O/c1-9-3-5-10(6-4-9)16-18-8-14-12-11(13(18)19)7-15-17(12)2/h3-8,16H,1-2H3. The maximum Gasteiger partial charge on any atom is 0.283 e. The minimum atomic E-state index is -0.168. The number of nitrogens with one attached hydrogen (secondary N) is 1. The molecule has 0 spiro atoms. The van der Waals surface area contributed by atoms with Crippen molar-refractivity contribution in [1.29, 1.82) is 0 Å². The maximum absolute atomic E-state index is 12.2. The topological polar surface area (TPSA) is 64.7 Å². The van der Waals surface area contributed by atoms with Gasteiger partial charge in [-0.25, -0.2) is 9.66 Å². The number of benzene rings is 1. The molecule has 19 heavy (non-hydrogen) atoms. The van der Waals surface area contributed by atoms with Crippen molar-refractivity contribution >= 4 is 16.7 Å². The molecular weight excluding hydrogens is 242 g/mol. The third-order valence-corrected chi connectivity index (χ3v) is 2.95. The van der Waals surface area contributed by atoms with E-state index in [4.69, 9.17) is 0 Å². The average molecular weight is 255 g/mol. The predicted octanol–water partition coefficient (Wildman–Crippen LogP) is 1.31. The number of fused-ring (bicyclic) bond motifs is 1. The molecule has 1 N–H and O–H groups in total. The molecule has 0 radical (unpaired) electrons. The zero-order chi connectivity index (χ0) is 13.4. The molecule has 0 saturated carbocycles. The normalized spacial score (nSPS) is 10.8. The molecule has 96 valence electrons. The fourth-order valence-corrected chi connectivity index (χ4v) is 1.88. The molecule has 0 unspecified atom stereocenters. The van der Waals surface area contributed by atoms with Gasteiger partial charge in [0.2, 0.25) is 0 Å². The van der Waals surface area contributed by atoms with Gasteiger partial charge in [0, 0.05) is 7.05 Å². The van der Waals surface area contributed by atoms with Gasteiger partial charge >= 0.3 is 0 Å². The number of aryl methyl sites for hydroxylation is 2. The van der Waals surface area contributed by atoms with E-state index in [1.54, 1.807) is 11.7 Å². The number of nitrogens with zero attached hydrogens (tertiary/aromatic N) is 4. The molecule has 2 heterocycles. The van der Waals surface area contributed by atoms with Gasteiger partial charge in [-0.1, -0.05) is 17.7 Å². The van der Waals surface area contributed by atoms with Crippen molar-refractivity contribution in [2.24, 2.45) is 7.05 Å². The first kappa shape index (κ1) is 11.5. The molecule has 6 nitrogen and oxygen atoms in total. The Morgan fingerprint density at radius 2 is 1.95 bits per heavy atom. The predicted molar refractivity (Wildman–Crippen MR) is 73.0 cm³/mol. The fourth-order valence-electron chi connectivity index (χ4n) is 1.88. The van der Waals surface area contributed by atoms with Crippen LogP contribution in [-0.4, -0.2) is 19.4 Å². The molecule has 0 amide bonds. The molecule has 0 aliphatic carbocycles. The van der Waals surface area contributed by atoms with Crippen LogP contribution in [0.3, 0.4) is 0 Å². The average Bonchev–Trinajstić information content (AvgIpc) is 2.78. The molecule has 3 rings (SSSR count). The van der Waals surface area contributed by atoms with E-state index >= 15 is 0 Å². The Morgan fingerprint density at radius 1 is 1.21 bits per heavy atom. The van der Waals surface area contributed by atoms with Crippen molar-refractivity contribution in [1.82, 2.24) is 19.4 Å². The van der Waals surface area contributed by atoms with Crippen LogP contribution in [0.25, 0.3) is 11.0 Å². The van der Waals surface area contributed by atoms with Crippen molar-refractivity contribution in [3.63, 3.8) is 0 Å². The largest absolute Gasteiger partial charge is 0.290 e. The molecule has 3 aromatic rings. The summed E-state index contributed by atoms with van der Waals surface area (Å²) in [5.74, 6) is 0. The molecule has 0 fully saturated rings. The van der Waals surface area contributed by atoms with Crippen LogP contribution in [0.4, 0.5) is 5.69 Å². The molecular formula is C13H13N5O. The van der Waals surface area contributed by atoms with Gasteiger partial charge in [0.1, 0.15) is 11.7 Å². The van der Waals surface area contributed by atoms with Gasteiger partial charge in [-0.15, -0.1) is 0 Å². The molecule has 6 heteroatoms. The van der Waals surface area contributed by atoms with Gasteiger partial charge in [0.15, 0.2) is 5.65 Å². The van der Waals surface area contributed by atoms with E-state index < -0.39 is 0 Å². The van der Waals surface area contributed by atoms with E-state index in [1.165, 1.54) is 22.8 Å². The second-order valence-electron chi connectivity index (χ2n) is 4.40. The van der Waals surface area contributed by atoms with Crippen molar-refractivity contribution < 1.29 is 0 Å². The Kier molecular flexibility index (Phi) is 2.56. The smallest absolute Gasteiger partial charge is 0.283 e. The number of hydrogen-bond donors (Lipinski definition) is 1. The first-order valence-electron chi connectivity index (χ1n) is 5.88. The quantitative estimate of drug-likeness (QED) is 0.750. The minimum Gasteiger partial charge on any atom is -0.290 e. The van der Waals surface area contributed by atoms with Crippen molar-refractivity contribution in [3.8, 4) is 0 Å². The van der Waals surface area contributed by atoms with E-state index in [0.29, 0.717) is 11.0 Å². The first-order valence-corrected chi connectivity index (χ1v) is 5.88. The summed E-state index contributed by atoms with van der Waals surface area (Å²) in [6.07, 6.45) is 2.99. The van der Waals surface area contributed by atoms with E-state index in [0.717, 1.165) is 5.69 Å². The highest BCUT2D eigenvalue weighted by Gasteiger charge is 2.07. The van der Waals surface area contributed by atoms with Gasteiger partial charge in [-0.05, 0) is 19.1 Å². The van der Waals surface area contributed by atoms with E-state index in [9.17, 15) is 4.79 Å². The SMILES string of the molecule is Cc1ccc(Nn2cnc3c(cnn3C)c2=O)cc1. The van der Waals surface area contributed by atoms with Crippen molar-refractivity contribution in [3.05, 3.63) is 52.7 Å². The van der Waals surface area contributed by atoms with Crippen LogP contribution < -0.4 is 11.0 Å². The molecule has 0 atom stereocenters. The van der Waals surface area contributed by atoms with Gasteiger partial charge in [0.05, 0.1) is 11.9 Å². The lowest BCUT2D eigenvalue weighted by Crippen LogP contribution is -2.26. The summed E-state index contributed by atoms with van der Waals surface area (Å²) < 4.78 is 2.93. The zero-order valence-electron chi connectivity index (χ0n) is 10.7. The second-order valence-corrected chi connectivity index (χ2v) is 4.40. The monoisotopic (exact) mass is 255 g/mol. The van der Waals surface area contributed by atoms with Crippen LogP contribution in [-0.2, 0) is 7.05 Å². The maximum atomic E-state index is 12.2.